The SMILES string of the molecule is O=C(O)C1COCCN1C(=O)c1cccc(Oc2cnccn2)c1. The van der Waals surface area contributed by atoms with E-state index in [2.05, 4.69) is 9.97 Å². The molecule has 1 fully saturated rings. The van der Waals surface area contributed by atoms with Crippen LogP contribution in [0.4, 0.5) is 0 Å². The Labute approximate surface area is 137 Å². The third kappa shape index (κ3) is 3.49. The predicted molar refractivity (Wildman–Crippen MR) is 81.8 cm³/mol. The molecule has 1 N–H and O–H groups in total. The average molecular weight is 329 g/mol. The van der Waals surface area contributed by atoms with Crippen LogP contribution in [0.1, 0.15) is 10.4 Å². The van der Waals surface area contributed by atoms with Crippen LogP contribution in [0.2, 0.25) is 0 Å². The molecular formula is C16H15N3O5. The molecule has 2 aromatic rings. The van der Waals surface area contributed by atoms with Gasteiger partial charge in [-0.25, -0.2) is 9.78 Å². The van der Waals surface area contributed by atoms with E-state index in [-0.39, 0.29) is 19.1 Å². The lowest BCUT2D eigenvalue weighted by molar-refractivity contribution is -0.147. The Kier molecular flexibility index (Phi) is 4.66. The molecule has 1 aromatic carbocycles. The van der Waals surface area contributed by atoms with Gasteiger partial charge in [-0.05, 0) is 18.2 Å². The molecule has 1 aliphatic rings. The summed E-state index contributed by atoms with van der Waals surface area (Å²) >= 11 is 0. The molecule has 1 amide bonds. The molecule has 1 atom stereocenters. The maximum Gasteiger partial charge on any atom is 0.328 e. The molecule has 0 aliphatic carbocycles. The quantitative estimate of drug-likeness (QED) is 0.899. The molecule has 0 bridgehead atoms. The van der Waals surface area contributed by atoms with Crippen LogP contribution in [0.3, 0.4) is 0 Å². The van der Waals surface area contributed by atoms with Crippen molar-refractivity contribution < 1.29 is 24.2 Å². The number of aliphatic carboxylic acids is 1. The fourth-order valence-corrected chi connectivity index (χ4v) is 2.37. The number of nitrogens with zero attached hydrogens (tertiary/aromatic N) is 3. The molecule has 1 unspecified atom stereocenters. The van der Waals surface area contributed by atoms with Crippen LogP contribution in [-0.4, -0.2) is 57.7 Å². The first-order valence-electron chi connectivity index (χ1n) is 7.30. The molecule has 8 nitrogen and oxygen atoms in total. The van der Waals surface area contributed by atoms with Gasteiger partial charge in [-0.1, -0.05) is 6.07 Å². The van der Waals surface area contributed by atoms with Crippen LogP contribution in [-0.2, 0) is 9.53 Å². The summed E-state index contributed by atoms with van der Waals surface area (Å²) in [6.45, 7) is 0.521. The van der Waals surface area contributed by atoms with Crippen molar-refractivity contribution in [2.45, 2.75) is 6.04 Å². The van der Waals surface area contributed by atoms with Crippen LogP contribution in [0.25, 0.3) is 0 Å². The Balaban J connectivity index is 1.80. The summed E-state index contributed by atoms with van der Waals surface area (Å²) in [6.07, 6.45) is 4.48. The van der Waals surface area contributed by atoms with E-state index in [4.69, 9.17) is 9.47 Å². The van der Waals surface area contributed by atoms with Crippen molar-refractivity contribution in [3.63, 3.8) is 0 Å². The van der Waals surface area contributed by atoms with Crippen LogP contribution in [0.5, 0.6) is 11.6 Å². The molecule has 0 spiro atoms. The Morgan fingerprint density at radius 1 is 1.33 bits per heavy atom. The predicted octanol–water partition coefficient (Wildman–Crippen LogP) is 1.19. The molecule has 8 heteroatoms. The van der Waals surface area contributed by atoms with E-state index in [1.54, 1.807) is 24.3 Å². The van der Waals surface area contributed by atoms with Crippen molar-refractivity contribution in [2.24, 2.45) is 0 Å². The number of hydrogen-bond donors (Lipinski definition) is 1. The third-order valence-corrected chi connectivity index (χ3v) is 3.52. The fourth-order valence-electron chi connectivity index (χ4n) is 2.37. The highest BCUT2D eigenvalue weighted by Crippen LogP contribution is 2.21. The topological polar surface area (TPSA) is 102 Å². The number of carboxylic acid groups (broad SMARTS) is 1. The first-order valence-corrected chi connectivity index (χ1v) is 7.30. The lowest BCUT2D eigenvalue weighted by Gasteiger charge is -2.32. The second-order valence-corrected chi connectivity index (χ2v) is 5.10. The highest BCUT2D eigenvalue weighted by Gasteiger charge is 2.33. The number of amides is 1. The lowest BCUT2D eigenvalue weighted by atomic mass is 10.1. The van der Waals surface area contributed by atoms with Gasteiger partial charge in [-0.15, -0.1) is 0 Å². The second kappa shape index (κ2) is 7.05. The Morgan fingerprint density at radius 3 is 2.96 bits per heavy atom. The largest absolute Gasteiger partial charge is 0.480 e. The zero-order valence-electron chi connectivity index (χ0n) is 12.7. The highest BCUT2D eigenvalue weighted by atomic mass is 16.5. The molecule has 24 heavy (non-hydrogen) atoms. The summed E-state index contributed by atoms with van der Waals surface area (Å²) in [6, 6.07) is 5.51. The number of carbonyl (C=O) groups is 2. The van der Waals surface area contributed by atoms with Gasteiger partial charge in [0.2, 0.25) is 5.88 Å². The molecule has 3 rings (SSSR count). The monoisotopic (exact) mass is 329 g/mol. The summed E-state index contributed by atoms with van der Waals surface area (Å²) in [5.74, 6) is -0.747. The summed E-state index contributed by atoms with van der Waals surface area (Å²) in [5.41, 5.74) is 0.338. The number of carbonyl (C=O) groups excluding carboxylic acids is 1. The standard InChI is InChI=1S/C16H15N3O5/c20-15(19-6-7-23-10-13(19)16(21)22)11-2-1-3-12(8-11)24-14-9-17-4-5-18-14/h1-5,8-9,13H,6-7,10H2,(H,21,22). The van der Waals surface area contributed by atoms with Gasteiger partial charge in [-0.2, -0.15) is 0 Å². The van der Waals surface area contributed by atoms with Crippen molar-refractivity contribution in [1.82, 2.24) is 14.9 Å². The van der Waals surface area contributed by atoms with E-state index in [9.17, 15) is 14.7 Å². The molecule has 1 saturated heterocycles. The fraction of sp³-hybridized carbons (Fsp3) is 0.250. The van der Waals surface area contributed by atoms with Crippen molar-refractivity contribution in [3.05, 3.63) is 48.4 Å². The molecule has 2 heterocycles. The average Bonchev–Trinajstić information content (AvgIpc) is 2.62. The molecular weight excluding hydrogens is 314 g/mol. The number of ether oxygens (including phenoxy) is 2. The van der Waals surface area contributed by atoms with E-state index in [1.807, 2.05) is 0 Å². The van der Waals surface area contributed by atoms with Gasteiger partial charge >= 0.3 is 5.97 Å². The number of aromatic nitrogens is 2. The Hall–Kier alpha value is -3.00. The number of rotatable bonds is 4. The number of hydrogen-bond acceptors (Lipinski definition) is 6. The van der Waals surface area contributed by atoms with Crippen molar-refractivity contribution in [3.8, 4) is 11.6 Å². The minimum absolute atomic E-state index is 0.0170. The second-order valence-electron chi connectivity index (χ2n) is 5.10. The highest BCUT2D eigenvalue weighted by molar-refractivity contribution is 5.97. The van der Waals surface area contributed by atoms with E-state index >= 15 is 0 Å². The van der Waals surface area contributed by atoms with E-state index in [0.717, 1.165) is 0 Å². The van der Waals surface area contributed by atoms with Gasteiger partial charge in [0.1, 0.15) is 5.75 Å². The van der Waals surface area contributed by atoms with Crippen LogP contribution < -0.4 is 4.74 Å². The van der Waals surface area contributed by atoms with Gasteiger partial charge < -0.3 is 19.5 Å². The minimum atomic E-state index is -1.09. The zero-order valence-corrected chi connectivity index (χ0v) is 12.7. The molecule has 124 valence electrons. The van der Waals surface area contributed by atoms with Gasteiger partial charge in [0, 0.05) is 24.5 Å². The van der Waals surface area contributed by atoms with Crippen molar-refractivity contribution in [2.75, 3.05) is 19.8 Å². The molecule has 1 aromatic heterocycles. The molecule has 1 aliphatic heterocycles. The minimum Gasteiger partial charge on any atom is -0.480 e. The number of carboxylic acids is 1. The lowest BCUT2D eigenvalue weighted by Crippen LogP contribution is -2.52. The van der Waals surface area contributed by atoms with Crippen molar-refractivity contribution >= 4 is 11.9 Å². The van der Waals surface area contributed by atoms with Crippen molar-refractivity contribution in [1.29, 1.82) is 0 Å². The number of morpholine rings is 1. The van der Waals surface area contributed by atoms with Gasteiger partial charge in [-0.3, -0.25) is 9.78 Å². The summed E-state index contributed by atoms with van der Waals surface area (Å²) < 4.78 is 10.7. The molecule has 0 saturated carbocycles. The summed E-state index contributed by atoms with van der Waals surface area (Å²) in [5, 5.41) is 9.24. The van der Waals surface area contributed by atoms with Gasteiger partial charge in [0.15, 0.2) is 6.04 Å². The van der Waals surface area contributed by atoms with E-state index < -0.39 is 12.0 Å². The van der Waals surface area contributed by atoms with E-state index in [1.165, 1.54) is 23.5 Å². The Morgan fingerprint density at radius 2 is 2.21 bits per heavy atom. The van der Waals surface area contributed by atoms with Crippen LogP contribution >= 0.6 is 0 Å². The zero-order chi connectivity index (χ0) is 16.9. The van der Waals surface area contributed by atoms with Crippen LogP contribution in [0.15, 0.2) is 42.9 Å². The van der Waals surface area contributed by atoms with Crippen LogP contribution in [0, 0.1) is 0 Å². The first-order chi connectivity index (χ1) is 11.6. The van der Waals surface area contributed by atoms with Gasteiger partial charge in [0.05, 0.1) is 19.4 Å². The normalized spacial score (nSPS) is 17.3. The van der Waals surface area contributed by atoms with E-state index in [0.29, 0.717) is 23.8 Å². The smallest absolute Gasteiger partial charge is 0.328 e. The molecule has 0 radical (unpaired) electrons. The number of benzene rings is 1. The maximum absolute atomic E-state index is 12.6. The first kappa shape index (κ1) is 15.9. The Bertz CT molecular complexity index is 738. The summed E-state index contributed by atoms with van der Waals surface area (Å²) in [7, 11) is 0. The summed E-state index contributed by atoms with van der Waals surface area (Å²) in [4.78, 5) is 33.1. The van der Waals surface area contributed by atoms with Gasteiger partial charge in [0.25, 0.3) is 5.91 Å². The third-order valence-electron chi connectivity index (χ3n) is 3.52. The maximum atomic E-state index is 12.6.